The highest BCUT2D eigenvalue weighted by atomic mass is 19.1. The Morgan fingerprint density at radius 2 is 2.03 bits per heavy atom. The number of oxime groups is 1. The van der Waals surface area contributed by atoms with Crippen molar-refractivity contribution in [1.82, 2.24) is 4.90 Å². The SMILES string of the molecule is COc1cccc(CN(CC2CC(c3ccc(F)cc3)=NO2)C(=O)c2ccco2)c1. The number of ether oxygens (including phenoxy) is 1. The molecule has 1 aromatic heterocycles. The summed E-state index contributed by atoms with van der Waals surface area (Å²) in [5, 5.41) is 4.14. The van der Waals surface area contributed by atoms with Crippen LogP contribution >= 0.6 is 0 Å². The van der Waals surface area contributed by atoms with Crippen molar-refractivity contribution in [2.45, 2.75) is 19.1 Å². The molecule has 30 heavy (non-hydrogen) atoms. The van der Waals surface area contributed by atoms with Gasteiger partial charge in [0.1, 0.15) is 11.6 Å². The van der Waals surface area contributed by atoms with E-state index in [2.05, 4.69) is 5.16 Å². The van der Waals surface area contributed by atoms with E-state index in [1.165, 1.54) is 18.4 Å². The first-order chi connectivity index (χ1) is 14.6. The van der Waals surface area contributed by atoms with Gasteiger partial charge in [-0.1, -0.05) is 29.4 Å². The molecule has 0 saturated carbocycles. The van der Waals surface area contributed by atoms with Crippen LogP contribution in [-0.4, -0.2) is 36.3 Å². The quantitative estimate of drug-likeness (QED) is 0.586. The molecular formula is C23H21FN2O4. The molecular weight excluding hydrogens is 387 g/mol. The molecule has 3 aromatic rings. The van der Waals surface area contributed by atoms with Gasteiger partial charge in [0.2, 0.25) is 0 Å². The van der Waals surface area contributed by atoms with Crippen LogP contribution in [0.15, 0.2) is 76.5 Å². The average molecular weight is 408 g/mol. The van der Waals surface area contributed by atoms with E-state index in [0.29, 0.717) is 19.5 Å². The van der Waals surface area contributed by atoms with Crippen molar-refractivity contribution in [3.8, 4) is 5.75 Å². The van der Waals surface area contributed by atoms with E-state index < -0.39 is 0 Å². The lowest BCUT2D eigenvalue weighted by Gasteiger charge is -2.24. The Morgan fingerprint density at radius 1 is 1.20 bits per heavy atom. The predicted molar refractivity (Wildman–Crippen MR) is 109 cm³/mol. The molecule has 0 N–H and O–H groups in total. The molecule has 7 heteroatoms. The zero-order valence-corrected chi connectivity index (χ0v) is 16.5. The molecule has 4 rings (SSSR count). The summed E-state index contributed by atoms with van der Waals surface area (Å²) in [5.74, 6) is 0.442. The van der Waals surface area contributed by atoms with Crippen LogP contribution in [0.2, 0.25) is 0 Å². The smallest absolute Gasteiger partial charge is 0.289 e. The van der Waals surface area contributed by atoms with Crippen molar-refractivity contribution in [2.75, 3.05) is 13.7 Å². The number of methoxy groups -OCH3 is 1. The number of furan rings is 1. The second kappa shape index (κ2) is 8.82. The fourth-order valence-electron chi connectivity index (χ4n) is 3.35. The molecule has 1 unspecified atom stereocenters. The van der Waals surface area contributed by atoms with Gasteiger partial charge in [0.05, 0.1) is 25.6 Å². The monoisotopic (exact) mass is 408 g/mol. The maximum absolute atomic E-state index is 13.2. The molecule has 0 fully saturated rings. The second-order valence-corrected chi connectivity index (χ2v) is 6.99. The van der Waals surface area contributed by atoms with Crippen LogP contribution in [-0.2, 0) is 11.4 Å². The Morgan fingerprint density at radius 3 is 2.77 bits per heavy atom. The molecule has 6 nitrogen and oxygen atoms in total. The first-order valence-electron chi connectivity index (χ1n) is 9.56. The lowest BCUT2D eigenvalue weighted by molar-refractivity contribution is 0.0387. The van der Waals surface area contributed by atoms with Gasteiger partial charge in [-0.15, -0.1) is 0 Å². The first-order valence-corrected chi connectivity index (χ1v) is 9.56. The maximum Gasteiger partial charge on any atom is 0.289 e. The summed E-state index contributed by atoms with van der Waals surface area (Å²) < 4.78 is 23.8. The normalized spacial score (nSPS) is 15.4. The number of carbonyl (C=O) groups excluding carboxylic acids is 1. The number of halogens is 1. The molecule has 0 spiro atoms. The van der Waals surface area contributed by atoms with Crippen molar-refractivity contribution in [3.05, 3.63) is 89.6 Å². The van der Waals surface area contributed by atoms with Crippen LogP contribution in [0, 0.1) is 5.82 Å². The highest BCUT2D eigenvalue weighted by Crippen LogP contribution is 2.21. The zero-order chi connectivity index (χ0) is 20.9. The van der Waals surface area contributed by atoms with Crippen molar-refractivity contribution >= 4 is 11.6 Å². The highest BCUT2D eigenvalue weighted by molar-refractivity contribution is 6.01. The number of nitrogens with zero attached hydrogens (tertiary/aromatic N) is 2. The summed E-state index contributed by atoms with van der Waals surface area (Å²) in [4.78, 5) is 20.3. The molecule has 0 bridgehead atoms. The third-order valence-electron chi connectivity index (χ3n) is 4.86. The largest absolute Gasteiger partial charge is 0.497 e. The first kappa shape index (κ1) is 19.7. The molecule has 1 amide bonds. The summed E-state index contributed by atoms with van der Waals surface area (Å²) in [5.41, 5.74) is 2.45. The summed E-state index contributed by atoms with van der Waals surface area (Å²) in [6.45, 7) is 0.688. The van der Waals surface area contributed by atoms with Gasteiger partial charge in [-0.3, -0.25) is 4.79 Å². The summed E-state index contributed by atoms with van der Waals surface area (Å²) >= 11 is 0. The number of amides is 1. The summed E-state index contributed by atoms with van der Waals surface area (Å²) in [6, 6.07) is 17.0. The molecule has 0 saturated heterocycles. The van der Waals surface area contributed by atoms with Gasteiger partial charge in [0.15, 0.2) is 11.9 Å². The van der Waals surface area contributed by atoms with Crippen molar-refractivity contribution in [3.63, 3.8) is 0 Å². The molecule has 2 aromatic carbocycles. The standard InChI is InChI=1S/C23H21FN2O4/c1-28-19-5-2-4-16(12-19)14-26(23(27)22-6-3-11-29-22)15-20-13-21(25-30-20)17-7-9-18(24)10-8-17/h2-12,20H,13-15H2,1H3. The Balaban J connectivity index is 1.48. The van der Waals surface area contributed by atoms with E-state index >= 15 is 0 Å². The number of benzene rings is 2. The van der Waals surface area contributed by atoms with Crippen molar-refractivity contribution in [2.24, 2.45) is 5.16 Å². The summed E-state index contributed by atoms with van der Waals surface area (Å²) in [7, 11) is 1.60. The molecule has 1 aliphatic rings. The van der Waals surface area contributed by atoms with E-state index in [1.54, 1.807) is 36.3 Å². The number of carbonyl (C=O) groups is 1. The average Bonchev–Trinajstić information content (AvgIpc) is 3.46. The molecule has 2 heterocycles. The van der Waals surface area contributed by atoms with E-state index in [0.717, 1.165) is 22.6 Å². The van der Waals surface area contributed by atoms with Gasteiger partial charge in [0.25, 0.3) is 5.91 Å². The van der Waals surface area contributed by atoms with E-state index in [1.807, 2.05) is 24.3 Å². The number of hydrogen-bond donors (Lipinski definition) is 0. The van der Waals surface area contributed by atoms with Crippen molar-refractivity contribution in [1.29, 1.82) is 0 Å². The lowest BCUT2D eigenvalue weighted by atomic mass is 10.0. The molecule has 1 aliphatic heterocycles. The third kappa shape index (κ3) is 4.51. The van der Waals surface area contributed by atoms with Crippen LogP contribution in [0.1, 0.15) is 28.1 Å². The third-order valence-corrected chi connectivity index (χ3v) is 4.86. The molecule has 1 atom stereocenters. The topological polar surface area (TPSA) is 64.3 Å². The predicted octanol–water partition coefficient (Wildman–Crippen LogP) is 4.26. The van der Waals surface area contributed by atoms with Crippen LogP contribution < -0.4 is 4.74 Å². The highest BCUT2D eigenvalue weighted by Gasteiger charge is 2.28. The fourth-order valence-corrected chi connectivity index (χ4v) is 3.35. The van der Waals surface area contributed by atoms with Gasteiger partial charge in [-0.25, -0.2) is 4.39 Å². The fraction of sp³-hybridized carbons (Fsp3) is 0.217. The molecule has 0 aliphatic carbocycles. The van der Waals surface area contributed by atoms with Gasteiger partial charge in [0, 0.05) is 13.0 Å². The van der Waals surface area contributed by atoms with Crippen LogP contribution in [0.4, 0.5) is 4.39 Å². The van der Waals surface area contributed by atoms with E-state index in [-0.39, 0.29) is 23.6 Å². The van der Waals surface area contributed by atoms with Crippen LogP contribution in [0.25, 0.3) is 0 Å². The van der Waals surface area contributed by atoms with Crippen LogP contribution in [0.5, 0.6) is 5.75 Å². The van der Waals surface area contributed by atoms with Gasteiger partial charge in [-0.2, -0.15) is 0 Å². The second-order valence-electron chi connectivity index (χ2n) is 6.99. The van der Waals surface area contributed by atoms with Gasteiger partial charge in [-0.05, 0) is 47.5 Å². The van der Waals surface area contributed by atoms with E-state index in [4.69, 9.17) is 14.0 Å². The Bertz CT molecular complexity index is 1030. The van der Waals surface area contributed by atoms with Crippen LogP contribution in [0.3, 0.4) is 0 Å². The van der Waals surface area contributed by atoms with E-state index in [9.17, 15) is 9.18 Å². The zero-order valence-electron chi connectivity index (χ0n) is 16.5. The van der Waals surface area contributed by atoms with Gasteiger partial charge < -0.3 is 18.9 Å². The minimum absolute atomic E-state index is 0.235. The number of hydrogen-bond acceptors (Lipinski definition) is 5. The number of rotatable bonds is 7. The Labute approximate surface area is 173 Å². The minimum atomic E-state index is -0.311. The lowest BCUT2D eigenvalue weighted by Crippen LogP contribution is -2.37. The minimum Gasteiger partial charge on any atom is -0.497 e. The Hall–Kier alpha value is -3.61. The summed E-state index contributed by atoms with van der Waals surface area (Å²) in [6.07, 6.45) is 1.68. The maximum atomic E-state index is 13.2. The molecule has 0 radical (unpaired) electrons. The Kier molecular flexibility index (Phi) is 5.79. The van der Waals surface area contributed by atoms with Crippen molar-refractivity contribution < 1.29 is 23.2 Å². The molecule has 154 valence electrons. The van der Waals surface area contributed by atoms with Gasteiger partial charge >= 0.3 is 0 Å².